The van der Waals surface area contributed by atoms with Gasteiger partial charge in [-0.2, -0.15) is 0 Å². The van der Waals surface area contributed by atoms with Crippen molar-refractivity contribution in [2.75, 3.05) is 30.5 Å². The van der Waals surface area contributed by atoms with Crippen molar-refractivity contribution in [3.8, 4) is 5.88 Å². The molecule has 0 bridgehead atoms. The van der Waals surface area contributed by atoms with Crippen LogP contribution in [0.25, 0.3) is 0 Å². The number of hydrogen-bond acceptors (Lipinski definition) is 9. The van der Waals surface area contributed by atoms with E-state index < -0.39 is 30.1 Å². The fourth-order valence-electron chi connectivity index (χ4n) is 2.55. The molecule has 3 N–H and O–H groups in total. The maximum absolute atomic E-state index is 13.6. The molecule has 0 fully saturated rings. The quantitative estimate of drug-likeness (QED) is 0.155. The number of rotatable bonds is 13. The molecular weight excluding hydrogens is 555 g/mol. The summed E-state index contributed by atoms with van der Waals surface area (Å²) in [6.45, 7) is 6.52. The minimum absolute atomic E-state index is 0.0342. The third-order valence-corrected chi connectivity index (χ3v) is 9.95. The van der Waals surface area contributed by atoms with Crippen LogP contribution in [0.1, 0.15) is 0 Å². The summed E-state index contributed by atoms with van der Waals surface area (Å²) in [5, 5.41) is 9.21. The van der Waals surface area contributed by atoms with Gasteiger partial charge in [0.2, 0.25) is 5.82 Å². The van der Waals surface area contributed by atoms with Crippen LogP contribution in [-0.4, -0.2) is 69.8 Å². The van der Waals surface area contributed by atoms with E-state index in [0.29, 0.717) is 11.6 Å². The molecule has 0 spiro atoms. The minimum atomic E-state index is -4.29. The van der Waals surface area contributed by atoms with Gasteiger partial charge >= 0.3 is 5.97 Å². The summed E-state index contributed by atoms with van der Waals surface area (Å²) < 4.78 is 39.2. The van der Waals surface area contributed by atoms with Crippen LogP contribution in [0.4, 0.5) is 5.82 Å². The molecule has 35 heavy (non-hydrogen) atoms. The summed E-state index contributed by atoms with van der Waals surface area (Å²) in [6.07, 6.45) is 1.31. The second kappa shape index (κ2) is 12.6. The van der Waals surface area contributed by atoms with E-state index in [1.54, 1.807) is 0 Å². The number of carbonyl (C=O) groups is 1. The number of halogens is 2. The van der Waals surface area contributed by atoms with Gasteiger partial charge in [0.25, 0.3) is 15.9 Å². The summed E-state index contributed by atoms with van der Waals surface area (Å²) in [5.74, 6) is -1.34. The molecule has 0 aliphatic heterocycles. The second-order valence-corrected chi connectivity index (χ2v) is 17.8. The van der Waals surface area contributed by atoms with Gasteiger partial charge in [-0.05, 0) is 18.2 Å². The van der Waals surface area contributed by atoms with Crippen molar-refractivity contribution < 1.29 is 27.8 Å². The largest absolute Gasteiger partial charge is 0.480 e. The maximum atomic E-state index is 13.6. The van der Waals surface area contributed by atoms with Gasteiger partial charge in [-0.3, -0.25) is 4.79 Å². The highest BCUT2D eigenvalue weighted by molar-refractivity contribution is 7.99. The normalized spacial score (nSPS) is 12.9. The van der Waals surface area contributed by atoms with Crippen LogP contribution >= 0.6 is 35.0 Å². The van der Waals surface area contributed by atoms with Gasteiger partial charge in [0, 0.05) is 20.4 Å². The first kappa shape index (κ1) is 29.6. The van der Waals surface area contributed by atoms with Crippen LogP contribution < -0.4 is 14.8 Å². The number of anilines is 1. The highest BCUT2D eigenvalue weighted by atomic mass is 35.5. The van der Waals surface area contributed by atoms with Crippen molar-refractivity contribution in [1.82, 2.24) is 9.97 Å². The van der Waals surface area contributed by atoms with Gasteiger partial charge in [0.05, 0.1) is 23.4 Å². The third kappa shape index (κ3) is 8.20. The molecule has 0 unspecified atom stereocenters. The topological polar surface area (TPSA) is 145 Å². The van der Waals surface area contributed by atoms with Crippen molar-refractivity contribution in [3.63, 3.8) is 0 Å². The highest BCUT2D eigenvalue weighted by Gasteiger charge is 2.32. The standard InChI is InChI=1S/C20H28Cl2N4O6S2Si/c1-31-19-18(24-10-16(25-19)33-11-14(23)20(27)28)26(12-32-8-9-35(2,3)4)34(29,30)15-7-5-6-13(21)17(15)22/h5-7,10,14H,8-9,11-12,23H2,1-4H3,(H,27,28)/t14-/m1/s1. The Morgan fingerprint density at radius 2 is 2.00 bits per heavy atom. The summed E-state index contributed by atoms with van der Waals surface area (Å²) in [4.78, 5) is 19.3. The molecule has 194 valence electrons. The smallest absolute Gasteiger partial charge is 0.321 e. The maximum Gasteiger partial charge on any atom is 0.321 e. The Bertz CT molecular complexity index is 1150. The van der Waals surface area contributed by atoms with E-state index in [1.165, 1.54) is 31.5 Å². The van der Waals surface area contributed by atoms with Crippen molar-refractivity contribution >= 4 is 64.8 Å². The fraction of sp³-hybridized carbons (Fsp3) is 0.450. The molecule has 0 aliphatic rings. The lowest BCUT2D eigenvalue weighted by molar-refractivity contribution is -0.137. The lowest BCUT2D eigenvalue weighted by Gasteiger charge is -2.25. The van der Waals surface area contributed by atoms with E-state index in [-0.39, 0.29) is 39.1 Å². The average molecular weight is 584 g/mol. The Hall–Kier alpha value is -1.61. The first-order valence-corrected chi connectivity index (χ1v) is 17.2. The van der Waals surface area contributed by atoms with Crippen LogP contribution in [0.2, 0.25) is 35.7 Å². The second-order valence-electron chi connectivity index (χ2n) is 8.55. The minimum Gasteiger partial charge on any atom is -0.480 e. The first-order valence-electron chi connectivity index (χ1n) is 10.3. The molecule has 2 rings (SSSR count). The number of nitrogens with two attached hydrogens (primary N) is 1. The van der Waals surface area contributed by atoms with Crippen LogP contribution in [0, 0.1) is 0 Å². The van der Waals surface area contributed by atoms with Crippen molar-refractivity contribution in [3.05, 3.63) is 34.4 Å². The van der Waals surface area contributed by atoms with Crippen LogP contribution in [0.5, 0.6) is 5.88 Å². The molecule has 0 radical (unpaired) electrons. The molecule has 0 saturated heterocycles. The van der Waals surface area contributed by atoms with E-state index in [4.69, 9.17) is 43.5 Å². The summed E-state index contributed by atoms with van der Waals surface area (Å²) in [5.41, 5.74) is 5.54. The number of aliphatic carboxylic acids is 1. The van der Waals surface area contributed by atoms with Gasteiger partial charge in [0.15, 0.2) is 0 Å². The molecule has 15 heteroatoms. The van der Waals surface area contributed by atoms with Gasteiger partial charge in [-0.1, -0.05) is 48.9 Å². The lowest BCUT2D eigenvalue weighted by Crippen LogP contribution is -2.35. The fourth-order valence-corrected chi connectivity index (χ4v) is 6.11. The molecule has 1 heterocycles. The molecule has 10 nitrogen and oxygen atoms in total. The zero-order valence-corrected chi connectivity index (χ0v) is 23.8. The lowest BCUT2D eigenvalue weighted by atomic mass is 10.4. The zero-order valence-electron chi connectivity index (χ0n) is 19.7. The number of carboxylic acid groups (broad SMARTS) is 1. The van der Waals surface area contributed by atoms with E-state index in [1.807, 2.05) is 0 Å². The van der Waals surface area contributed by atoms with E-state index in [9.17, 15) is 13.2 Å². The average Bonchev–Trinajstić information content (AvgIpc) is 2.78. The van der Waals surface area contributed by atoms with Crippen LogP contribution in [0.3, 0.4) is 0 Å². The summed E-state index contributed by atoms with van der Waals surface area (Å²) in [7, 11) is -4.40. The molecule has 1 aromatic heterocycles. The van der Waals surface area contributed by atoms with E-state index >= 15 is 0 Å². The molecule has 0 aliphatic carbocycles. The predicted octanol–water partition coefficient (Wildman–Crippen LogP) is 3.80. The predicted molar refractivity (Wildman–Crippen MR) is 140 cm³/mol. The molecular formula is C20H28Cl2N4O6S2Si. The number of sulfonamides is 1. The van der Waals surface area contributed by atoms with Crippen LogP contribution in [-0.2, 0) is 19.6 Å². The molecule has 0 saturated carbocycles. The van der Waals surface area contributed by atoms with Gasteiger partial charge in [-0.25, -0.2) is 22.7 Å². The van der Waals surface area contributed by atoms with Crippen molar-refractivity contribution in [1.29, 1.82) is 0 Å². The number of ether oxygens (including phenoxy) is 2. The van der Waals surface area contributed by atoms with Gasteiger partial charge in [-0.15, -0.1) is 11.8 Å². The Morgan fingerprint density at radius 1 is 1.31 bits per heavy atom. The molecule has 1 atom stereocenters. The number of thioether (sulfide) groups is 1. The first-order chi connectivity index (χ1) is 16.3. The van der Waals surface area contributed by atoms with Gasteiger partial charge < -0.3 is 20.3 Å². The number of carboxylic acids is 1. The number of nitrogens with zero attached hydrogens (tertiary/aromatic N) is 3. The Balaban J connectivity index is 2.45. The van der Waals surface area contributed by atoms with Crippen molar-refractivity contribution in [2.24, 2.45) is 5.73 Å². The number of benzene rings is 1. The highest BCUT2D eigenvalue weighted by Crippen LogP contribution is 2.35. The molecule has 0 amide bonds. The van der Waals surface area contributed by atoms with Crippen molar-refractivity contribution in [2.45, 2.75) is 41.6 Å². The van der Waals surface area contributed by atoms with Gasteiger partial charge in [0.1, 0.15) is 22.7 Å². The summed E-state index contributed by atoms with van der Waals surface area (Å²) in [6, 6.07) is 4.00. The third-order valence-electron chi connectivity index (χ3n) is 4.55. The van der Waals surface area contributed by atoms with E-state index in [2.05, 4.69) is 29.6 Å². The number of aromatic nitrogens is 2. The Morgan fingerprint density at radius 3 is 2.60 bits per heavy atom. The Kier molecular flexibility index (Phi) is 10.6. The SMILES string of the molecule is COc1nc(SC[C@@H](N)C(=O)O)cnc1N(COCC[Si](C)(C)C)S(=O)(=O)c1cccc(Cl)c1Cl. The molecule has 1 aromatic carbocycles. The number of methoxy groups -OCH3 is 1. The summed E-state index contributed by atoms with van der Waals surface area (Å²) >= 11 is 13.3. The monoisotopic (exact) mass is 582 g/mol. The Labute approximate surface area is 220 Å². The zero-order chi connectivity index (χ0) is 26.4. The molecule has 2 aromatic rings. The van der Waals surface area contributed by atoms with E-state index in [0.717, 1.165) is 22.1 Å². The van der Waals surface area contributed by atoms with Crippen LogP contribution in [0.15, 0.2) is 34.3 Å². The number of hydrogen-bond donors (Lipinski definition) is 2.